The quantitative estimate of drug-likeness (QED) is 0.907. The van der Waals surface area contributed by atoms with Gasteiger partial charge in [-0.05, 0) is 45.7 Å². The molecule has 6 nitrogen and oxygen atoms in total. The van der Waals surface area contributed by atoms with E-state index in [-0.39, 0.29) is 6.09 Å². The molecule has 0 atom stereocenters. The summed E-state index contributed by atoms with van der Waals surface area (Å²) < 4.78 is 5.29. The molecule has 1 N–H and O–H groups in total. The van der Waals surface area contributed by atoms with E-state index in [0.29, 0.717) is 11.9 Å². The number of aryl methyl sites for hydroxylation is 1. The average molecular weight is 292 g/mol. The van der Waals surface area contributed by atoms with Crippen molar-refractivity contribution in [1.82, 2.24) is 20.0 Å². The second-order valence-electron chi connectivity index (χ2n) is 6.07. The Labute approximate surface area is 125 Å². The smallest absolute Gasteiger partial charge is 0.389 e. The van der Waals surface area contributed by atoms with Gasteiger partial charge >= 0.3 is 6.09 Å². The molecule has 1 aromatic rings. The van der Waals surface area contributed by atoms with Crippen LogP contribution in [0.5, 0.6) is 5.88 Å². The molecule has 21 heavy (non-hydrogen) atoms. The van der Waals surface area contributed by atoms with Crippen molar-refractivity contribution in [2.45, 2.75) is 45.1 Å². The molecule has 0 aliphatic carbocycles. The average Bonchev–Trinajstić information content (AvgIpc) is 2.93. The Morgan fingerprint density at radius 2 is 1.95 bits per heavy atom. The first-order valence-electron chi connectivity index (χ1n) is 7.95. The Hall–Kier alpha value is -1.56. The van der Waals surface area contributed by atoms with Gasteiger partial charge in [0.2, 0.25) is 5.88 Å². The van der Waals surface area contributed by atoms with Gasteiger partial charge in [0.1, 0.15) is 0 Å². The molecule has 0 saturated carbocycles. The topological polar surface area (TPSA) is 61.5 Å². The number of ether oxygens (including phenoxy) is 1. The molecule has 2 aliphatic rings. The van der Waals surface area contributed by atoms with Gasteiger partial charge in [0.15, 0.2) is 0 Å². The summed E-state index contributed by atoms with van der Waals surface area (Å²) in [5, 5.41) is 6.71. The molecule has 6 heteroatoms. The number of amides is 1. The number of nitrogens with one attached hydrogen (secondary N) is 1. The van der Waals surface area contributed by atoms with E-state index in [1.54, 1.807) is 11.0 Å². The lowest BCUT2D eigenvalue weighted by molar-refractivity contribution is 0.0872. The summed E-state index contributed by atoms with van der Waals surface area (Å²) in [6, 6.07) is 2.38. The monoisotopic (exact) mass is 292 g/mol. The third-order valence-corrected chi connectivity index (χ3v) is 4.50. The molecule has 1 aromatic heterocycles. The van der Waals surface area contributed by atoms with Gasteiger partial charge in [-0.15, -0.1) is 5.10 Å². The van der Waals surface area contributed by atoms with E-state index in [4.69, 9.17) is 4.74 Å². The van der Waals surface area contributed by atoms with E-state index in [9.17, 15) is 4.79 Å². The summed E-state index contributed by atoms with van der Waals surface area (Å²) in [7, 11) is 0. The maximum Gasteiger partial charge on any atom is 0.416 e. The normalized spacial score (nSPS) is 21.5. The minimum Gasteiger partial charge on any atom is -0.389 e. The van der Waals surface area contributed by atoms with Gasteiger partial charge in [0.05, 0.1) is 0 Å². The molecule has 0 bridgehead atoms. The highest BCUT2D eigenvalue weighted by Crippen LogP contribution is 2.21. The van der Waals surface area contributed by atoms with Crippen LogP contribution in [0.2, 0.25) is 0 Å². The number of carbonyl (C=O) groups excluding carboxylic acids is 1. The molecular weight excluding hydrogens is 268 g/mol. The number of likely N-dealkylation sites (tertiary alicyclic amines) is 2. The molecular formula is C15H24N4O2. The first-order valence-corrected chi connectivity index (χ1v) is 7.95. The van der Waals surface area contributed by atoms with Gasteiger partial charge in [0.25, 0.3) is 0 Å². The summed E-state index contributed by atoms with van der Waals surface area (Å²) in [5.41, 5.74) is 0.890. The third kappa shape index (κ3) is 3.56. The number of H-pyrrole nitrogens is 1. The van der Waals surface area contributed by atoms with Crippen LogP contribution in [-0.4, -0.2) is 58.3 Å². The summed E-state index contributed by atoms with van der Waals surface area (Å²) in [6.45, 7) is 5.89. The van der Waals surface area contributed by atoms with Crippen molar-refractivity contribution >= 4 is 6.09 Å². The Morgan fingerprint density at radius 3 is 2.57 bits per heavy atom. The van der Waals surface area contributed by atoms with Crippen LogP contribution >= 0.6 is 0 Å². The summed E-state index contributed by atoms with van der Waals surface area (Å²) in [6.07, 6.45) is 5.83. The summed E-state index contributed by atoms with van der Waals surface area (Å²) in [4.78, 5) is 16.5. The van der Waals surface area contributed by atoms with Crippen LogP contribution in [0.3, 0.4) is 0 Å². The fraction of sp³-hybridized carbons (Fsp3) is 0.733. The van der Waals surface area contributed by atoms with Crippen LogP contribution in [0.1, 0.15) is 37.8 Å². The van der Waals surface area contributed by atoms with Gasteiger partial charge in [-0.3, -0.25) is 5.10 Å². The predicted molar refractivity (Wildman–Crippen MR) is 79.4 cm³/mol. The molecule has 0 unspecified atom stereocenters. The Balaban J connectivity index is 1.47. The summed E-state index contributed by atoms with van der Waals surface area (Å²) in [5.74, 6) is 0.357. The highest BCUT2D eigenvalue weighted by Gasteiger charge is 2.28. The maximum absolute atomic E-state index is 12.1. The lowest BCUT2D eigenvalue weighted by Crippen LogP contribution is -2.48. The number of rotatable bonds is 2. The van der Waals surface area contributed by atoms with Crippen molar-refractivity contribution < 1.29 is 9.53 Å². The number of aromatic amines is 1. The second-order valence-corrected chi connectivity index (χ2v) is 6.07. The van der Waals surface area contributed by atoms with Gasteiger partial charge in [0, 0.05) is 30.9 Å². The highest BCUT2D eigenvalue weighted by molar-refractivity contribution is 5.70. The van der Waals surface area contributed by atoms with E-state index in [1.165, 1.54) is 32.4 Å². The summed E-state index contributed by atoms with van der Waals surface area (Å²) >= 11 is 0. The largest absolute Gasteiger partial charge is 0.416 e. The third-order valence-electron chi connectivity index (χ3n) is 4.50. The fourth-order valence-electron chi connectivity index (χ4n) is 3.30. The van der Waals surface area contributed by atoms with Crippen molar-refractivity contribution in [3.05, 3.63) is 11.8 Å². The van der Waals surface area contributed by atoms with Crippen molar-refractivity contribution in [1.29, 1.82) is 0 Å². The van der Waals surface area contributed by atoms with Gasteiger partial charge in [-0.1, -0.05) is 6.42 Å². The highest BCUT2D eigenvalue weighted by atomic mass is 16.6. The van der Waals surface area contributed by atoms with Crippen LogP contribution in [0, 0.1) is 6.92 Å². The van der Waals surface area contributed by atoms with Crippen molar-refractivity contribution in [3.63, 3.8) is 0 Å². The molecule has 0 aromatic carbocycles. The fourth-order valence-corrected chi connectivity index (χ4v) is 3.30. The van der Waals surface area contributed by atoms with Crippen LogP contribution in [0.15, 0.2) is 6.07 Å². The predicted octanol–water partition coefficient (Wildman–Crippen LogP) is 2.17. The molecule has 2 saturated heterocycles. The second kappa shape index (κ2) is 6.47. The van der Waals surface area contributed by atoms with Crippen LogP contribution in [0.4, 0.5) is 4.79 Å². The minimum atomic E-state index is -0.279. The van der Waals surface area contributed by atoms with Crippen molar-refractivity contribution in [2.24, 2.45) is 0 Å². The zero-order valence-corrected chi connectivity index (χ0v) is 12.7. The van der Waals surface area contributed by atoms with Crippen molar-refractivity contribution in [3.8, 4) is 5.88 Å². The first-order chi connectivity index (χ1) is 10.2. The standard InChI is InChI=1S/C15H24N4O2/c1-12-11-14(17-16-12)21-15(20)19-9-5-13(6-10-19)18-7-3-2-4-8-18/h11,13H,2-10H2,1H3,(H,16,17). The van der Waals surface area contributed by atoms with Gasteiger partial charge in [-0.2, -0.15) is 0 Å². The van der Waals surface area contributed by atoms with Crippen LogP contribution in [0.25, 0.3) is 0 Å². The van der Waals surface area contributed by atoms with Crippen LogP contribution in [-0.2, 0) is 0 Å². The molecule has 0 spiro atoms. The lowest BCUT2D eigenvalue weighted by atomic mass is 10.0. The molecule has 2 fully saturated rings. The molecule has 0 radical (unpaired) electrons. The molecule has 3 heterocycles. The SMILES string of the molecule is Cc1cc(OC(=O)N2CCC(N3CCCCC3)CC2)n[nH]1. The van der Waals surface area contributed by atoms with E-state index in [0.717, 1.165) is 31.6 Å². The maximum atomic E-state index is 12.1. The Morgan fingerprint density at radius 1 is 1.24 bits per heavy atom. The zero-order valence-electron chi connectivity index (χ0n) is 12.7. The van der Waals surface area contributed by atoms with E-state index < -0.39 is 0 Å². The van der Waals surface area contributed by atoms with Gasteiger partial charge < -0.3 is 14.5 Å². The number of hydrogen-bond donors (Lipinski definition) is 1. The number of carbonyl (C=O) groups is 1. The number of aromatic nitrogens is 2. The van der Waals surface area contributed by atoms with Gasteiger partial charge in [-0.25, -0.2) is 4.79 Å². The zero-order chi connectivity index (χ0) is 14.7. The molecule has 116 valence electrons. The number of nitrogens with zero attached hydrogens (tertiary/aromatic N) is 3. The van der Waals surface area contributed by atoms with E-state index in [1.807, 2.05) is 6.92 Å². The number of hydrogen-bond acceptors (Lipinski definition) is 4. The van der Waals surface area contributed by atoms with Crippen LogP contribution < -0.4 is 4.74 Å². The van der Waals surface area contributed by atoms with E-state index >= 15 is 0 Å². The molecule has 3 rings (SSSR count). The van der Waals surface area contributed by atoms with Crippen molar-refractivity contribution in [2.75, 3.05) is 26.2 Å². The number of piperidine rings is 2. The Kier molecular flexibility index (Phi) is 4.43. The molecule has 2 aliphatic heterocycles. The first kappa shape index (κ1) is 14.4. The minimum absolute atomic E-state index is 0.279. The lowest BCUT2D eigenvalue weighted by Gasteiger charge is -2.39. The Bertz CT molecular complexity index is 474. The van der Waals surface area contributed by atoms with E-state index in [2.05, 4.69) is 15.1 Å². The molecule has 1 amide bonds.